The summed E-state index contributed by atoms with van der Waals surface area (Å²) in [4.78, 5) is 11.5. The van der Waals surface area contributed by atoms with Crippen LogP contribution in [0.15, 0.2) is 29.2 Å². The third-order valence-corrected chi connectivity index (χ3v) is 5.10. The highest BCUT2D eigenvalue weighted by molar-refractivity contribution is 8.14. The molecule has 1 aliphatic rings. The Kier molecular flexibility index (Phi) is 3.94. The van der Waals surface area contributed by atoms with Gasteiger partial charge in [0.15, 0.2) is 0 Å². The number of carbonyl (C=O) groups is 1. The summed E-state index contributed by atoms with van der Waals surface area (Å²) in [5.41, 5.74) is 0. The summed E-state index contributed by atoms with van der Waals surface area (Å²) in [6.07, 6.45) is 0.541. The zero-order valence-corrected chi connectivity index (χ0v) is 11.4. The highest BCUT2D eigenvalue weighted by Gasteiger charge is 2.30. The second-order valence-electron chi connectivity index (χ2n) is 3.81. The molecule has 0 bridgehead atoms. The molecule has 1 aromatic carbocycles. The van der Waals surface area contributed by atoms with E-state index in [2.05, 4.69) is 4.72 Å². The first-order valence-electron chi connectivity index (χ1n) is 5.36. The van der Waals surface area contributed by atoms with Gasteiger partial charge in [-0.3, -0.25) is 4.79 Å². The lowest BCUT2D eigenvalue weighted by atomic mass is 10.3. The van der Waals surface area contributed by atoms with Gasteiger partial charge in [-0.25, -0.2) is 8.42 Å². The molecule has 0 aromatic heterocycles. The maximum Gasteiger partial charge on any atom is 0.241 e. The van der Waals surface area contributed by atoms with Crippen molar-refractivity contribution in [3.8, 4) is 5.75 Å². The van der Waals surface area contributed by atoms with Gasteiger partial charge in [0.1, 0.15) is 5.75 Å². The zero-order chi connectivity index (χ0) is 13.2. The van der Waals surface area contributed by atoms with E-state index in [4.69, 9.17) is 4.74 Å². The maximum atomic E-state index is 12.0. The number of hydrogen-bond acceptors (Lipinski definition) is 5. The summed E-state index contributed by atoms with van der Waals surface area (Å²) in [6.45, 7) is 0. The van der Waals surface area contributed by atoms with Gasteiger partial charge in [-0.05, 0) is 30.7 Å². The van der Waals surface area contributed by atoms with Crippen LogP contribution in [0.2, 0.25) is 0 Å². The molecule has 0 saturated carbocycles. The van der Waals surface area contributed by atoms with Gasteiger partial charge >= 0.3 is 0 Å². The number of hydrogen-bond donors (Lipinski definition) is 1. The van der Waals surface area contributed by atoms with Crippen LogP contribution in [0.5, 0.6) is 5.75 Å². The first-order chi connectivity index (χ1) is 8.53. The fourth-order valence-corrected chi connectivity index (χ4v) is 3.85. The molecule has 1 saturated heterocycles. The normalized spacial score (nSPS) is 20.1. The molecule has 2 rings (SSSR count). The van der Waals surface area contributed by atoms with Crippen molar-refractivity contribution in [2.24, 2.45) is 0 Å². The molecule has 18 heavy (non-hydrogen) atoms. The molecule has 0 amide bonds. The van der Waals surface area contributed by atoms with Crippen LogP contribution >= 0.6 is 11.8 Å². The van der Waals surface area contributed by atoms with Crippen molar-refractivity contribution in [1.29, 1.82) is 0 Å². The van der Waals surface area contributed by atoms with Crippen molar-refractivity contribution >= 4 is 26.9 Å². The van der Waals surface area contributed by atoms with E-state index < -0.39 is 16.1 Å². The molecule has 98 valence electrons. The minimum absolute atomic E-state index is 0.118. The van der Waals surface area contributed by atoms with Gasteiger partial charge in [0.25, 0.3) is 0 Å². The molecule has 1 atom stereocenters. The average Bonchev–Trinajstić information content (AvgIpc) is 2.74. The van der Waals surface area contributed by atoms with Gasteiger partial charge in [-0.1, -0.05) is 11.8 Å². The van der Waals surface area contributed by atoms with Crippen LogP contribution in [-0.4, -0.2) is 32.4 Å². The standard InChI is InChI=1S/C11H13NO4S2/c1-16-8-2-4-9(5-3-8)18(14,15)12-10-6-7-17-11(10)13/h2-5,10,12H,6-7H2,1H3. The molecule has 1 aromatic rings. The molecule has 1 fully saturated rings. The Bertz CT molecular complexity index is 539. The summed E-state index contributed by atoms with van der Waals surface area (Å²) in [6, 6.07) is 5.43. The van der Waals surface area contributed by atoms with Crippen LogP contribution in [0.4, 0.5) is 0 Å². The van der Waals surface area contributed by atoms with E-state index in [1.807, 2.05) is 0 Å². The van der Waals surface area contributed by atoms with Crippen molar-refractivity contribution in [2.75, 3.05) is 12.9 Å². The SMILES string of the molecule is COc1ccc(S(=O)(=O)NC2CCSC2=O)cc1. The molecule has 1 heterocycles. The van der Waals surface area contributed by atoms with Gasteiger partial charge in [-0.15, -0.1) is 0 Å². The second kappa shape index (κ2) is 5.29. The number of thioether (sulfide) groups is 1. The van der Waals surface area contributed by atoms with Crippen LogP contribution < -0.4 is 9.46 Å². The number of benzene rings is 1. The largest absolute Gasteiger partial charge is 0.497 e. The van der Waals surface area contributed by atoms with Crippen molar-refractivity contribution in [3.05, 3.63) is 24.3 Å². The first-order valence-corrected chi connectivity index (χ1v) is 7.83. The summed E-state index contributed by atoms with van der Waals surface area (Å²) >= 11 is 1.16. The van der Waals surface area contributed by atoms with Gasteiger partial charge in [-0.2, -0.15) is 4.72 Å². The number of nitrogens with one attached hydrogen (secondary N) is 1. The third kappa shape index (κ3) is 2.85. The number of ether oxygens (including phenoxy) is 1. The Morgan fingerprint density at radius 3 is 2.50 bits per heavy atom. The smallest absolute Gasteiger partial charge is 0.241 e. The van der Waals surface area contributed by atoms with Gasteiger partial charge < -0.3 is 4.74 Å². The Morgan fingerprint density at radius 2 is 2.00 bits per heavy atom. The first kappa shape index (κ1) is 13.4. The predicted octanol–water partition coefficient (Wildman–Crippen LogP) is 1.01. The van der Waals surface area contributed by atoms with Crippen molar-refractivity contribution in [2.45, 2.75) is 17.4 Å². The minimum Gasteiger partial charge on any atom is -0.497 e. The highest BCUT2D eigenvalue weighted by Crippen LogP contribution is 2.22. The Labute approximate surface area is 110 Å². The number of rotatable bonds is 4. The number of methoxy groups -OCH3 is 1. The van der Waals surface area contributed by atoms with E-state index in [9.17, 15) is 13.2 Å². The molecule has 1 N–H and O–H groups in total. The van der Waals surface area contributed by atoms with E-state index >= 15 is 0 Å². The van der Waals surface area contributed by atoms with Crippen LogP contribution in [0.1, 0.15) is 6.42 Å². The lowest BCUT2D eigenvalue weighted by Gasteiger charge is -2.11. The molecule has 0 radical (unpaired) electrons. The topological polar surface area (TPSA) is 72.5 Å². The molecule has 1 aliphatic heterocycles. The fraction of sp³-hybridized carbons (Fsp3) is 0.364. The van der Waals surface area contributed by atoms with Gasteiger partial charge in [0, 0.05) is 5.75 Å². The second-order valence-corrected chi connectivity index (χ2v) is 6.62. The van der Waals surface area contributed by atoms with E-state index in [-0.39, 0.29) is 10.0 Å². The Balaban J connectivity index is 2.16. The molecular weight excluding hydrogens is 274 g/mol. The van der Waals surface area contributed by atoms with E-state index in [0.29, 0.717) is 17.9 Å². The molecule has 0 spiro atoms. The van der Waals surface area contributed by atoms with Crippen molar-refractivity contribution in [3.63, 3.8) is 0 Å². The van der Waals surface area contributed by atoms with Crippen molar-refractivity contribution in [1.82, 2.24) is 4.72 Å². The minimum atomic E-state index is -3.64. The highest BCUT2D eigenvalue weighted by atomic mass is 32.2. The molecule has 5 nitrogen and oxygen atoms in total. The molecule has 7 heteroatoms. The lowest BCUT2D eigenvalue weighted by molar-refractivity contribution is -0.111. The lowest BCUT2D eigenvalue weighted by Crippen LogP contribution is -2.37. The average molecular weight is 287 g/mol. The number of sulfonamides is 1. The Hall–Kier alpha value is -1.05. The zero-order valence-electron chi connectivity index (χ0n) is 9.75. The summed E-state index contributed by atoms with van der Waals surface area (Å²) < 4.78 is 31.4. The van der Waals surface area contributed by atoms with Crippen LogP contribution in [0, 0.1) is 0 Å². The van der Waals surface area contributed by atoms with Crippen LogP contribution in [-0.2, 0) is 14.8 Å². The summed E-state index contributed by atoms with van der Waals surface area (Å²) in [5, 5.41) is -0.118. The fourth-order valence-electron chi connectivity index (χ4n) is 1.61. The van der Waals surface area contributed by atoms with Gasteiger partial charge in [0.2, 0.25) is 15.1 Å². The third-order valence-electron chi connectivity index (χ3n) is 2.60. The summed E-state index contributed by atoms with van der Waals surface area (Å²) in [7, 11) is -2.13. The molecule has 1 unspecified atom stereocenters. The van der Waals surface area contributed by atoms with Crippen molar-refractivity contribution < 1.29 is 17.9 Å². The van der Waals surface area contributed by atoms with E-state index in [1.54, 1.807) is 12.1 Å². The van der Waals surface area contributed by atoms with E-state index in [0.717, 1.165) is 11.8 Å². The summed E-state index contributed by atoms with van der Waals surface area (Å²) in [5.74, 6) is 1.25. The van der Waals surface area contributed by atoms with E-state index in [1.165, 1.54) is 19.2 Å². The Morgan fingerprint density at radius 1 is 1.33 bits per heavy atom. The van der Waals surface area contributed by atoms with Gasteiger partial charge in [0.05, 0.1) is 18.0 Å². The van der Waals surface area contributed by atoms with Crippen LogP contribution in [0.3, 0.4) is 0 Å². The van der Waals surface area contributed by atoms with Crippen LogP contribution in [0.25, 0.3) is 0 Å². The number of carbonyl (C=O) groups excluding carboxylic acids is 1. The molecular formula is C11H13NO4S2. The predicted molar refractivity (Wildman–Crippen MR) is 69.2 cm³/mol. The maximum absolute atomic E-state index is 12.0. The quantitative estimate of drug-likeness (QED) is 0.894. The molecule has 0 aliphatic carbocycles. The monoisotopic (exact) mass is 287 g/mol.